The maximum absolute atomic E-state index is 5.09. The molecule has 0 spiro atoms. The van der Waals surface area contributed by atoms with Gasteiger partial charge in [0.1, 0.15) is 11.7 Å². The molecule has 1 atom stereocenters. The van der Waals surface area contributed by atoms with E-state index in [-0.39, 0.29) is 11.6 Å². The quantitative estimate of drug-likeness (QED) is 0.217. The molecule has 6 aromatic carbocycles. The van der Waals surface area contributed by atoms with Crippen molar-refractivity contribution in [1.82, 2.24) is 9.88 Å². The maximum atomic E-state index is 5.09. The first-order valence-corrected chi connectivity index (χ1v) is 15.9. The lowest BCUT2D eigenvalue weighted by molar-refractivity contribution is 0.664. The fourth-order valence-corrected chi connectivity index (χ4v) is 7.46. The Labute approximate surface area is 268 Å². The first kappa shape index (κ1) is 26.6. The smallest absolute Gasteiger partial charge is 0.169 e. The lowest BCUT2D eigenvalue weighted by Gasteiger charge is -2.24. The van der Waals surface area contributed by atoms with Crippen molar-refractivity contribution in [2.24, 2.45) is 9.98 Å². The molecule has 1 unspecified atom stereocenters. The molecule has 0 saturated carbocycles. The number of para-hydroxylation sites is 1. The van der Waals surface area contributed by atoms with E-state index < -0.39 is 0 Å². The van der Waals surface area contributed by atoms with Crippen LogP contribution in [0.25, 0.3) is 38.6 Å². The van der Waals surface area contributed by atoms with E-state index in [0.717, 1.165) is 34.0 Å². The zero-order valence-electron chi connectivity index (χ0n) is 25.8. The van der Waals surface area contributed by atoms with Crippen LogP contribution in [0.15, 0.2) is 156 Å². The van der Waals surface area contributed by atoms with Gasteiger partial charge >= 0.3 is 0 Å². The fraction of sp³-hybridized carbons (Fsp3) is 0.0952. The molecule has 0 bridgehead atoms. The molecule has 7 aromatic rings. The average molecular weight is 593 g/mol. The van der Waals surface area contributed by atoms with Crippen LogP contribution >= 0.6 is 0 Å². The second-order valence-corrected chi connectivity index (χ2v) is 12.7. The van der Waals surface area contributed by atoms with E-state index in [9.17, 15) is 0 Å². The first-order valence-electron chi connectivity index (χ1n) is 15.9. The average Bonchev–Trinajstić information content (AvgIpc) is 3.57. The van der Waals surface area contributed by atoms with Crippen molar-refractivity contribution in [3.05, 3.63) is 173 Å². The molecule has 220 valence electrons. The second-order valence-electron chi connectivity index (χ2n) is 12.7. The number of nitrogens with one attached hydrogen (secondary N) is 1. The Morgan fingerprint density at radius 3 is 1.96 bits per heavy atom. The minimum Gasteiger partial charge on any atom is -0.324 e. The predicted octanol–water partition coefficient (Wildman–Crippen LogP) is 9.59. The highest BCUT2D eigenvalue weighted by Gasteiger charge is 2.38. The number of amidine groups is 2. The highest BCUT2D eigenvalue weighted by Crippen LogP contribution is 2.52. The van der Waals surface area contributed by atoms with Crippen LogP contribution in [0.5, 0.6) is 0 Å². The number of hydrogen-bond donors (Lipinski definition) is 1. The standard InChI is InChI=1S/C42H32N4/c1-42(2)35-19-11-9-17-31(35)33-25-26-34-32-18-10-12-20-36(32)46(38(34)37(33)42)30-23-21-29(22-24-30)41-44-39(27-13-5-3-6-14-27)43-40(45-41)28-15-7-4-8-16-28/h3-26,39H,1-2H3,(H,43,44,45). The summed E-state index contributed by atoms with van der Waals surface area (Å²) in [7, 11) is 0. The Morgan fingerprint density at radius 1 is 0.565 bits per heavy atom. The van der Waals surface area contributed by atoms with Gasteiger partial charge < -0.3 is 9.88 Å². The number of aliphatic imine (C=N–C) groups is 2. The largest absolute Gasteiger partial charge is 0.324 e. The van der Waals surface area contributed by atoms with Gasteiger partial charge in [-0.15, -0.1) is 0 Å². The van der Waals surface area contributed by atoms with Gasteiger partial charge in [0.2, 0.25) is 0 Å². The summed E-state index contributed by atoms with van der Waals surface area (Å²) in [6.45, 7) is 4.73. The molecule has 2 aliphatic rings. The van der Waals surface area contributed by atoms with Gasteiger partial charge in [-0.25, -0.2) is 9.98 Å². The van der Waals surface area contributed by atoms with E-state index in [1.54, 1.807) is 0 Å². The highest BCUT2D eigenvalue weighted by molar-refractivity contribution is 6.16. The van der Waals surface area contributed by atoms with Gasteiger partial charge in [-0.05, 0) is 58.1 Å². The van der Waals surface area contributed by atoms with E-state index >= 15 is 0 Å². The molecule has 1 aliphatic carbocycles. The summed E-state index contributed by atoms with van der Waals surface area (Å²) in [4.78, 5) is 10.1. The number of fused-ring (bicyclic) bond motifs is 7. The van der Waals surface area contributed by atoms with Crippen LogP contribution in [0, 0.1) is 0 Å². The molecule has 1 aromatic heterocycles. The molecule has 2 heterocycles. The van der Waals surface area contributed by atoms with Crippen molar-refractivity contribution >= 4 is 33.5 Å². The van der Waals surface area contributed by atoms with E-state index in [4.69, 9.17) is 9.98 Å². The molecule has 0 fully saturated rings. The van der Waals surface area contributed by atoms with E-state index in [2.05, 4.69) is 133 Å². The summed E-state index contributed by atoms with van der Waals surface area (Å²) in [6, 6.07) is 51.7. The molecule has 9 rings (SSSR count). The topological polar surface area (TPSA) is 41.7 Å². The van der Waals surface area contributed by atoms with Gasteiger partial charge in [-0.2, -0.15) is 0 Å². The number of benzene rings is 6. The Kier molecular flexibility index (Phi) is 5.88. The third-order valence-electron chi connectivity index (χ3n) is 9.64. The molecule has 0 radical (unpaired) electrons. The minimum atomic E-state index is -0.323. The van der Waals surface area contributed by atoms with Crippen LogP contribution < -0.4 is 5.32 Å². The molecular weight excluding hydrogens is 560 g/mol. The lowest BCUT2D eigenvalue weighted by atomic mass is 9.81. The van der Waals surface area contributed by atoms with Crippen molar-refractivity contribution in [1.29, 1.82) is 0 Å². The van der Waals surface area contributed by atoms with Crippen LogP contribution in [-0.4, -0.2) is 16.2 Å². The van der Waals surface area contributed by atoms with E-state index in [1.807, 2.05) is 36.4 Å². The summed E-state index contributed by atoms with van der Waals surface area (Å²) in [5, 5.41) is 6.10. The van der Waals surface area contributed by atoms with Crippen molar-refractivity contribution in [3.63, 3.8) is 0 Å². The summed E-state index contributed by atoms with van der Waals surface area (Å²) in [5.74, 6) is 1.64. The predicted molar refractivity (Wildman–Crippen MR) is 190 cm³/mol. The number of rotatable bonds is 4. The molecule has 4 heteroatoms. The molecule has 1 aliphatic heterocycles. The lowest BCUT2D eigenvalue weighted by Crippen LogP contribution is -2.36. The normalized spacial score (nSPS) is 16.4. The molecule has 0 saturated heterocycles. The second kappa shape index (κ2) is 10.1. The number of hydrogen-bond acceptors (Lipinski definition) is 3. The highest BCUT2D eigenvalue weighted by atomic mass is 15.2. The van der Waals surface area contributed by atoms with Crippen LogP contribution in [-0.2, 0) is 5.41 Å². The Bertz CT molecular complexity index is 2340. The van der Waals surface area contributed by atoms with Crippen molar-refractivity contribution in [3.8, 4) is 16.8 Å². The number of aromatic nitrogens is 1. The van der Waals surface area contributed by atoms with Gasteiger partial charge in [0.25, 0.3) is 0 Å². The number of nitrogens with zero attached hydrogens (tertiary/aromatic N) is 3. The zero-order valence-corrected chi connectivity index (χ0v) is 25.8. The summed E-state index contributed by atoms with van der Waals surface area (Å²) in [6.07, 6.45) is -0.323. The Hall–Kier alpha value is -5.74. The van der Waals surface area contributed by atoms with Gasteiger partial charge in [0.05, 0.1) is 11.0 Å². The van der Waals surface area contributed by atoms with Crippen LogP contribution in [0.1, 0.15) is 47.8 Å². The van der Waals surface area contributed by atoms with Crippen molar-refractivity contribution in [2.45, 2.75) is 25.4 Å². The van der Waals surface area contributed by atoms with Crippen LogP contribution in [0.2, 0.25) is 0 Å². The maximum Gasteiger partial charge on any atom is 0.169 e. The third kappa shape index (κ3) is 4.00. The molecule has 1 N–H and O–H groups in total. The van der Waals surface area contributed by atoms with Gasteiger partial charge in [-0.1, -0.05) is 129 Å². The molecule has 46 heavy (non-hydrogen) atoms. The van der Waals surface area contributed by atoms with Gasteiger partial charge in [0, 0.05) is 33.0 Å². The van der Waals surface area contributed by atoms with Crippen LogP contribution in [0.3, 0.4) is 0 Å². The fourth-order valence-electron chi connectivity index (χ4n) is 7.46. The summed E-state index contributed by atoms with van der Waals surface area (Å²) >= 11 is 0. The minimum absolute atomic E-state index is 0.127. The van der Waals surface area contributed by atoms with E-state index in [1.165, 1.54) is 44.1 Å². The third-order valence-corrected chi connectivity index (χ3v) is 9.64. The van der Waals surface area contributed by atoms with Gasteiger partial charge in [0.15, 0.2) is 6.17 Å². The van der Waals surface area contributed by atoms with Gasteiger partial charge in [-0.3, -0.25) is 0 Å². The first-order chi connectivity index (χ1) is 22.6. The van der Waals surface area contributed by atoms with Crippen molar-refractivity contribution in [2.75, 3.05) is 0 Å². The van der Waals surface area contributed by atoms with E-state index in [0.29, 0.717) is 0 Å². The molecular formula is C42H32N4. The zero-order chi connectivity index (χ0) is 30.8. The Morgan fingerprint density at radius 2 is 1.20 bits per heavy atom. The molecule has 0 amide bonds. The monoisotopic (exact) mass is 592 g/mol. The van der Waals surface area contributed by atoms with Crippen molar-refractivity contribution < 1.29 is 0 Å². The SMILES string of the molecule is CC1(C)c2ccccc2-c2ccc3c4ccccc4n(-c4ccc(C5=NC(c6ccccc6)N=C(c6ccccc6)N5)cc4)c3c21. The Balaban J connectivity index is 1.19. The molecule has 4 nitrogen and oxygen atoms in total. The van der Waals surface area contributed by atoms with Crippen LogP contribution in [0.4, 0.5) is 0 Å². The summed E-state index contributed by atoms with van der Waals surface area (Å²) < 4.78 is 2.46. The summed E-state index contributed by atoms with van der Waals surface area (Å²) in [5.41, 5.74) is 12.0.